The lowest BCUT2D eigenvalue weighted by Crippen LogP contribution is -2.36. The summed E-state index contributed by atoms with van der Waals surface area (Å²) in [7, 11) is 1.32. The number of hydrogen-bond donors (Lipinski definition) is 1. The molecule has 1 aromatic rings. The van der Waals surface area contributed by atoms with Crippen LogP contribution in [0.1, 0.15) is 13.0 Å². The van der Waals surface area contributed by atoms with Gasteiger partial charge in [-0.25, -0.2) is 4.98 Å². The van der Waals surface area contributed by atoms with E-state index in [2.05, 4.69) is 16.9 Å². The van der Waals surface area contributed by atoms with Crippen LogP contribution in [0.2, 0.25) is 5.15 Å². The first kappa shape index (κ1) is 14.2. The van der Waals surface area contributed by atoms with E-state index in [4.69, 9.17) is 16.3 Å². The highest BCUT2D eigenvalue weighted by Crippen LogP contribution is 2.16. The zero-order valence-electron chi connectivity index (χ0n) is 10.1. The summed E-state index contributed by atoms with van der Waals surface area (Å²) in [4.78, 5) is 27.5. The van der Waals surface area contributed by atoms with E-state index in [1.165, 1.54) is 13.4 Å². The minimum absolute atomic E-state index is 0.0301. The van der Waals surface area contributed by atoms with Crippen molar-refractivity contribution in [2.24, 2.45) is 0 Å². The van der Waals surface area contributed by atoms with Gasteiger partial charge in [0.15, 0.2) is 5.15 Å². The first-order valence-electron chi connectivity index (χ1n) is 5.22. The standard InChI is InChI=1S/C11H14ClN3O3/c1-4-5-13-10(16)7(2)15-6-14-9(12)8(18-3)11(15)17/h4,6-7H,1,5H2,2-3H3,(H,13,16). The molecule has 0 fully saturated rings. The molecule has 1 amide bonds. The van der Waals surface area contributed by atoms with Crippen molar-refractivity contribution in [3.63, 3.8) is 0 Å². The topological polar surface area (TPSA) is 73.2 Å². The first-order chi connectivity index (χ1) is 8.52. The Kier molecular flexibility index (Phi) is 4.91. The second-order valence-corrected chi connectivity index (χ2v) is 3.85. The maximum absolute atomic E-state index is 12.0. The van der Waals surface area contributed by atoms with Gasteiger partial charge in [-0.05, 0) is 6.92 Å². The fourth-order valence-electron chi connectivity index (χ4n) is 1.32. The summed E-state index contributed by atoms with van der Waals surface area (Å²) in [6.07, 6.45) is 2.76. The van der Waals surface area contributed by atoms with E-state index in [1.54, 1.807) is 13.0 Å². The largest absolute Gasteiger partial charge is 0.489 e. The summed E-state index contributed by atoms with van der Waals surface area (Å²) in [5, 5.41) is 2.56. The Labute approximate surface area is 109 Å². The molecule has 1 N–H and O–H groups in total. The zero-order chi connectivity index (χ0) is 13.7. The van der Waals surface area contributed by atoms with Crippen LogP contribution in [0.4, 0.5) is 0 Å². The Morgan fingerprint density at radius 3 is 3.00 bits per heavy atom. The third kappa shape index (κ3) is 2.89. The second kappa shape index (κ2) is 6.20. The van der Waals surface area contributed by atoms with Gasteiger partial charge in [0, 0.05) is 6.54 Å². The molecule has 0 saturated carbocycles. The molecule has 1 unspecified atom stereocenters. The Balaban J connectivity index is 3.07. The number of hydrogen-bond acceptors (Lipinski definition) is 4. The molecule has 1 heterocycles. The minimum atomic E-state index is -0.712. The summed E-state index contributed by atoms with van der Waals surface area (Å²) in [6.45, 7) is 5.40. The van der Waals surface area contributed by atoms with Gasteiger partial charge in [0.1, 0.15) is 12.4 Å². The van der Waals surface area contributed by atoms with Gasteiger partial charge in [0.05, 0.1) is 7.11 Å². The van der Waals surface area contributed by atoms with Crippen LogP contribution < -0.4 is 15.6 Å². The van der Waals surface area contributed by atoms with Crippen molar-refractivity contribution >= 4 is 17.5 Å². The van der Waals surface area contributed by atoms with E-state index in [0.29, 0.717) is 6.54 Å². The Hall–Kier alpha value is -1.82. The van der Waals surface area contributed by atoms with E-state index in [-0.39, 0.29) is 16.8 Å². The third-order valence-electron chi connectivity index (χ3n) is 2.33. The Bertz CT molecular complexity index is 513. The average molecular weight is 272 g/mol. The van der Waals surface area contributed by atoms with Crippen molar-refractivity contribution in [3.05, 3.63) is 34.5 Å². The molecule has 1 atom stereocenters. The highest BCUT2D eigenvalue weighted by Gasteiger charge is 2.19. The number of rotatable bonds is 5. The molecule has 0 aromatic carbocycles. The Morgan fingerprint density at radius 2 is 2.44 bits per heavy atom. The van der Waals surface area contributed by atoms with Crippen LogP contribution in [0, 0.1) is 0 Å². The predicted molar refractivity (Wildman–Crippen MR) is 68.0 cm³/mol. The van der Waals surface area contributed by atoms with E-state index in [0.717, 1.165) is 4.57 Å². The molecule has 7 heteroatoms. The van der Waals surface area contributed by atoms with Gasteiger partial charge < -0.3 is 10.1 Å². The fraction of sp³-hybridized carbons (Fsp3) is 0.364. The molecule has 0 aliphatic heterocycles. The van der Waals surface area contributed by atoms with Gasteiger partial charge in [0.25, 0.3) is 5.56 Å². The van der Waals surface area contributed by atoms with Crippen molar-refractivity contribution in [2.45, 2.75) is 13.0 Å². The second-order valence-electron chi connectivity index (χ2n) is 3.49. The zero-order valence-corrected chi connectivity index (χ0v) is 10.9. The van der Waals surface area contributed by atoms with Crippen molar-refractivity contribution in [1.29, 1.82) is 0 Å². The summed E-state index contributed by atoms with van der Waals surface area (Å²) in [5.41, 5.74) is -0.501. The van der Waals surface area contributed by atoms with Crippen LogP contribution in [0.5, 0.6) is 5.75 Å². The number of carbonyl (C=O) groups is 1. The normalized spacial score (nSPS) is 11.7. The lowest BCUT2D eigenvalue weighted by atomic mass is 10.3. The molecule has 0 bridgehead atoms. The van der Waals surface area contributed by atoms with Crippen LogP contribution in [-0.4, -0.2) is 29.1 Å². The monoisotopic (exact) mass is 271 g/mol. The van der Waals surface area contributed by atoms with E-state index >= 15 is 0 Å². The predicted octanol–water partition coefficient (Wildman–Crippen LogP) is 0.768. The van der Waals surface area contributed by atoms with Crippen molar-refractivity contribution in [1.82, 2.24) is 14.9 Å². The van der Waals surface area contributed by atoms with Crippen LogP contribution in [0.3, 0.4) is 0 Å². The van der Waals surface area contributed by atoms with Gasteiger partial charge >= 0.3 is 0 Å². The summed E-state index contributed by atoms with van der Waals surface area (Å²) >= 11 is 5.71. The maximum atomic E-state index is 12.0. The van der Waals surface area contributed by atoms with Crippen LogP contribution in [-0.2, 0) is 4.79 Å². The number of methoxy groups -OCH3 is 1. The van der Waals surface area contributed by atoms with E-state index in [1.807, 2.05) is 0 Å². The highest BCUT2D eigenvalue weighted by atomic mass is 35.5. The van der Waals surface area contributed by atoms with Crippen molar-refractivity contribution < 1.29 is 9.53 Å². The molecule has 1 aromatic heterocycles. The van der Waals surface area contributed by atoms with Crippen LogP contribution in [0.15, 0.2) is 23.8 Å². The summed E-state index contributed by atoms with van der Waals surface area (Å²) < 4.78 is 6.01. The van der Waals surface area contributed by atoms with Gasteiger partial charge in [-0.2, -0.15) is 0 Å². The molecular formula is C11H14ClN3O3. The quantitative estimate of drug-likeness (QED) is 0.634. The smallest absolute Gasteiger partial charge is 0.298 e. The van der Waals surface area contributed by atoms with Crippen LogP contribution in [0.25, 0.3) is 0 Å². The average Bonchev–Trinajstić information content (AvgIpc) is 2.36. The number of carbonyl (C=O) groups excluding carboxylic acids is 1. The lowest BCUT2D eigenvalue weighted by Gasteiger charge is -2.15. The number of nitrogens with one attached hydrogen (secondary N) is 1. The summed E-state index contributed by atoms with van der Waals surface area (Å²) in [6, 6.07) is -0.712. The van der Waals surface area contributed by atoms with Gasteiger partial charge in [-0.1, -0.05) is 17.7 Å². The van der Waals surface area contributed by atoms with E-state index < -0.39 is 11.6 Å². The van der Waals surface area contributed by atoms with Gasteiger partial charge in [0.2, 0.25) is 11.7 Å². The molecular weight excluding hydrogens is 258 g/mol. The van der Waals surface area contributed by atoms with Crippen molar-refractivity contribution in [2.75, 3.05) is 13.7 Å². The number of nitrogens with zero attached hydrogens (tertiary/aromatic N) is 2. The molecule has 98 valence electrons. The number of amides is 1. The number of halogens is 1. The Morgan fingerprint density at radius 1 is 1.78 bits per heavy atom. The molecule has 0 saturated heterocycles. The number of aromatic nitrogens is 2. The van der Waals surface area contributed by atoms with Gasteiger partial charge in [-0.15, -0.1) is 6.58 Å². The molecule has 0 radical (unpaired) electrons. The molecule has 0 aliphatic rings. The van der Waals surface area contributed by atoms with Crippen molar-refractivity contribution in [3.8, 4) is 5.75 Å². The number of ether oxygens (including phenoxy) is 1. The maximum Gasteiger partial charge on any atom is 0.298 e. The summed E-state index contributed by atoms with van der Waals surface area (Å²) in [5.74, 6) is -0.397. The highest BCUT2D eigenvalue weighted by molar-refractivity contribution is 6.30. The molecule has 18 heavy (non-hydrogen) atoms. The first-order valence-corrected chi connectivity index (χ1v) is 5.60. The molecule has 6 nitrogen and oxygen atoms in total. The lowest BCUT2D eigenvalue weighted by molar-refractivity contribution is -0.123. The van der Waals surface area contributed by atoms with E-state index in [9.17, 15) is 9.59 Å². The van der Waals surface area contributed by atoms with Crippen LogP contribution >= 0.6 is 11.6 Å². The van der Waals surface area contributed by atoms with Gasteiger partial charge in [-0.3, -0.25) is 14.2 Å². The molecule has 0 aliphatic carbocycles. The SMILES string of the molecule is C=CCNC(=O)C(C)n1cnc(Cl)c(OC)c1=O. The minimum Gasteiger partial charge on any atom is -0.489 e. The molecule has 0 spiro atoms. The third-order valence-corrected chi connectivity index (χ3v) is 2.60. The molecule has 1 rings (SSSR count). The fourth-order valence-corrected chi connectivity index (χ4v) is 1.53.